The van der Waals surface area contributed by atoms with E-state index >= 15 is 0 Å². The Morgan fingerprint density at radius 1 is 1.22 bits per heavy atom. The first kappa shape index (κ1) is 21.8. The highest BCUT2D eigenvalue weighted by Crippen LogP contribution is 2.23. The Hall–Kier alpha value is -3.46. The molecule has 0 bridgehead atoms. The zero-order chi connectivity index (χ0) is 22.5. The lowest BCUT2D eigenvalue weighted by atomic mass is 10.1. The van der Waals surface area contributed by atoms with Gasteiger partial charge in [0.05, 0.1) is 13.5 Å². The van der Waals surface area contributed by atoms with Crippen molar-refractivity contribution in [2.45, 2.75) is 25.9 Å². The van der Waals surface area contributed by atoms with Crippen LogP contribution in [0, 0.1) is 0 Å². The van der Waals surface area contributed by atoms with E-state index in [0.29, 0.717) is 43.9 Å². The topological polar surface area (TPSA) is 93.5 Å². The van der Waals surface area contributed by atoms with E-state index in [-0.39, 0.29) is 29.5 Å². The maximum Gasteiger partial charge on any atom is 0.257 e. The number of fused-ring (bicyclic) bond motifs is 1. The number of carbonyl (C=O) groups excluding carboxylic acids is 2. The molecule has 0 spiro atoms. The molecule has 0 fully saturated rings. The van der Waals surface area contributed by atoms with Crippen molar-refractivity contribution in [2.24, 2.45) is 0 Å². The number of amides is 2. The number of carbonyl (C=O) groups is 2. The highest BCUT2D eigenvalue weighted by atomic mass is 32.1. The smallest absolute Gasteiger partial charge is 0.257 e. The minimum atomic E-state index is -0.299. The van der Waals surface area contributed by atoms with E-state index in [1.165, 1.54) is 13.2 Å². The van der Waals surface area contributed by atoms with Gasteiger partial charge in [0.2, 0.25) is 5.91 Å². The maximum atomic E-state index is 13.1. The Balaban J connectivity index is 1.56. The van der Waals surface area contributed by atoms with Gasteiger partial charge in [-0.15, -0.1) is 0 Å². The SMILES string of the molecule is COc1cc(=O)n2c(c1C(=O)NCc1ccsc1)CCN(C(=O)Cc1cccnc1)CC2. The van der Waals surface area contributed by atoms with Crippen LogP contribution in [0.15, 0.2) is 52.2 Å². The van der Waals surface area contributed by atoms with Gasteiger partial charge < -0.3 is 19.5 Å². The zero-order valence-electron chi connectivity index (χ0n) is 17.7. The number of rotatable bonds is 6. The maximum absolute atomic E-state index is 13.1. The summed E-state index contributed by atoms with van der Waals surface area (Å²) < 4.78 is 6.97. The number of ether oxygens (including phenoxy) is 1. The summed E-state index contributed by atoms with van der Waals surface area (Å²) >= 11 is 1.56. The summed E-state index contributed by atoms with van der Waals surface area (Å²) in [4.78, 5) is 44.4. The van der Waals surface area contributed by atoms with Crippen molar-refractivity contribution in [3.8, 4) is 5.75 Å². The molecule has 8 nitrogen and oxygen atoms in total. The second-order valence-corrected chi connectivity index (χ2v) is 8.29. The van der Waals surface area contributed by atoms with Gasteiger partial charge in [-0.1, -0.05) is 6.07 Å². The summed E-state index contributed by atoms with van der Waals surface area (Å²) in [6.45, 7) is 1.52. The molecule has 0 unspecified atom stereocenters. The molecule has 0 saturated heterocycles. The van der Waals surface area contributed by atoms with Crippen LogP contribution < -0.4 is 15.6 Å². The third kappa shape index (κ3) is 4.72. The van der Waals surface area contributed by atoms with Gasteiger partial charge in [-0.25, -0.2) is 0 Å². The molecule has 1 aliphatic rings. The minimum absolute atomic E-state index is 0.0331. The molecular weight excluding hydrogens is 428 g/mol. The van der Waals surface area contributed by atoms with E-state index in [0.717, 1.165) is 11.1 Å². The summed E-state index contributed by atoms with van der Waals surface area (Å²) in [5.41, 5.74) is 2.55. The first-order valence-electron chi connectivity index (χ1n) is 10.3. The largest absolute Gasteiger partial charge is 0.496 e. The van der Waals surface area contributed by atoms with Crippen molar-refractivity contribution in [2.75, 3.05) is 20.2 Å². The summed E-state index contributed by atoms with van der Waals surface area (Å²) in [5.74, 6) is -0.0829. The number of hydrogen-bond acceptors (Lipinski definition) is 6. The number of pyridine rings is 2. The summed E-state index contributed by atoms with van der Waals surface area (Å²) in [6.07, 6.45) is 3.97. The fourth-order valence-corrected chi connectivity index (χ4v) is 4.53. The summed E-state index contributed by atoms with van der Waals surface area (Å²) in [5, 5.41) is 6.84. The molecule has 0 aromatic carbocycles. The van der Waals surface area contributed by atoms with Crippen LogP contribution in [0.25, 0.3) is 0 Å². The molecule has 3 aromatic rings. The molecule has 32 heavy (non-hydrogen) atoms. The average molecular weight is 453 g/mol. The molecule has 4 rings (SSSR count). The van der Waals surface area contributed by atoms with Gasteiger partial charge in [-0.2, -0.15) is 11.3 Å². The van der Waals surface area contributed by atoms with Crippen LogP contribution in [0.2, 0.25) is 0 Å². The van der Waals surface area contributed by atoms with Gasteiger partial charge in [0, 0.05) is 56.8 Å². The van der Waals surface area contributed by atoms with E-state index < -0.39 is 0 Å². The van der Waals surface area contributed by atoms with Crippen LogP contribution in [-0.2, 0) is 30.7 Å². The quantitative estimate of drug-likeness (QED) is 0.616. The Bertz CT molecular complexity index is 1160. The van der Waals surface area contributed by atoms with Crippen molar-refractivity contribution in [1.82, 2.24) is 19.8 Å². The van der Waals surface area contributed by atoms with Gasteiger partial charge in [0.25, 0.3) is 11.5 Å². The molecule has 166 valence electrons. The van der Waals surface area contributed by atoms with Crippen LogP contribution in [0.5, 0.6) is 5.75 Å². The van der Waals surface area contributed by atoms with Crippen molar-refractivity contribution < 1.29 is 14.3 Å². The van der Waals surface area contributed by atoms with Gasteiger partial charge in [0.1, 0.15) is 11.3 Å². The van der Waals surface area contributed by atoms with E-state index in [9.17, 15) is 14.4 Å². The van der Waals surface area contributed by atoms with E-state index in [2.05, 4.69) is 10.3 Å². The molecule has 0 radical (unpaired) electrons. The Morgan fingerprint density at radius 2 is 2.09 bits per heavy atom. The van der Waals surface area contributed by atoms with Gasteiger partial charge in [0.15, 0.2) is 0 Å². The van der Waals surface area contributed by atoms with E-state index in [1.807, 2.05) is 22.9 Å². The average Bonchev–Trinajstić information content (AvgIpc) is 3.22. The molecule has 4 heterocycles. The van der Waals surface area contributed by atoms with Crippen LogP contribution in [0.4, 0.5) is 0 Å². The first-order valence-corrected chi connectivity index (χ1v) is 11.3. The fraction of sp³-hybridized carbons (Fsp3) is 0.304. The molecule has 1 aliphatic heterocycles. The Labute approximate surface area is 189 Å². The number of methoxy groups -OCH3 is 1. The van der Waals surface area contributed by atoms with Crippen molar-refractivity contribution in [3.63, 3.8) is 0 Å². The van der Waals surface area contributed by atoms with Gasteiger partial charge in [-0.05, 0) is 34.0 Å². The number of thiophene rings is 1. The van der Waals surface area contributed by atoms with Crippen LogP contribution >= 0.6 is 11.3 Å². The Morgan fingerprint density at radius 3 is 2.81 bits per heavy atom. The number of nitrogens with one attached hydrogen (secondary N) is 1. The monoisotopic (exact) mass is 452 g/mol. The first-order chi connectivity index (χ1) is 15.6. The minimum Gasteiger partial charge on any atom is -0.496 e. The van der Waals surface area contributed by atoms with Crippen LogP contribution in [0.3, 0.4) is 0 Å². The van der Waals surface area contributed by atoms with E-state index in [4.69, 9.17) is 4.74 Å². The molecule has 2 amide bonds. The predicted molar refractivity (Wildman–Crippen MR) is 121 cm³/mol. The molecular formula is C23H24N4O4S. The molecule has 0 saturated carbocycles. The van der Waals surface area contributed by atoms with Gasteiger partial charge >= 0.3 is 0 Å². The van der Waals surface area contributed by atoms with Crippen LogP contribution in [0.1, 0.15) is 27.2 Å². The zero-order valence-corrected chi connectivity index (χ0v) is 18.6. The molecule has 1 N–H and O–H groups in total. The normalized spacial score (nSPS) is 13.2. The summed E-state index contributed by atoms with van der Waals surface area (Å²) in [7, 11) is 1.45. The molecule has 3 aromatic heterocycles. The lowest BCUT2D eigenvalue weighted by Crippen LogP contribution is -2.35. The summed E-state index contributed by atoms with van der Waals surface area (Å²) in [6, 6.07) is 6.95. The molecule has 9 heteroatoms. The molecule has 0 aliphatic carbocycles. The van der Waals surface area contributed by atoms with Crippen molar-refractivity contribution in [3.05, 3.63) is 80.2 Å². The lowest BCUT2D eigenvalue weighted by molar-refractivity contribution is -0.130. The van der Waals surface area contributed by atoms with Crippen LogP contribution in [-0.4, -0.2) is 46.5 Å². The number of aromatic nitrogens is 2. The lowest BCUT2D eigenvalue weighted by Gasteiger charge is -2.19. The second kappa shape index (κ2) is 9.78. The standard InChI is InChI=1S/C23H24N4O4S/c1-31-19-12-21(29)27-9-8-26(20(28)11-16-3-2-6-24-13-16)7-4-18(27)22(19)23(30)25-14-17-5-10-32-15-17/h2-3,5-6,10,12-13,15H,4,7-9,11,14H2,1H3,(H,25,30). The second-order valence-electron chi connectivity index (χ2n) is 7.51. The Kier molecular flexibility index (Phi) is 6.65. The van der Waals surface area contributed by atoms with Crippen molar-refractivity contribution >= 4 is 23.2 Å². The third-order valence-corrected chi connectivity index (χ3v) is 6.24. The van der Waals surface area contributed by atoms with Gasteiger partial charge in [-0.3, -0.25) is 19.4 Å². The van der Waals surface area contributed by atoms with E-state index in [1.54, 1.807) is 39.3 Å². The third-order valence-electron chi connectivity index (χ3n) is 5.50. The number of hydrogen-bond donors (Lipinski definition) is 1. The highest BCUT2D eigenvalue weighted by molar-refractivity contribution is 7.07. The highest BCUT2D eigenvalue weighted by Gasteiger charge is 2.26. The number of nitrogens with zero attached hydrogens (tertiary/aromatic N) is 3. The van der Waals surface area contributed by atoms with Crippen molar-refractivity contribution in [1.29, 1.82) is 0 Å². The predicted octanol–water partition coefficient (Wildman–Crippen LogP) is 1.87. The fourth-order valence-electron chi connectivity index (χ4n) is 3.86. The molecule has 0 atom stereocenters.